The summed E-state index contributed by atoms with van der Waals surface area (Å²) in [7, 11) is 0. The predicted octanol–water partition coefficient (Wildman–Crippen LogP) is 3.65. The van der Waals surface area contributed by atoms with Gasteiger partial charge in [0.15, 0.2) is 0 Å². The van der Waals surface area contributed by atoms with E-state index in [-0.39, 0.29) is 17.8 Å². The number of hydrogen-bond acceptors (Lipinski definition) is 8. The SMILES string of the molecule is CCOC(=O)c1cc(=O)oc2cc(OP(=S)(OCC)OCC)ccc12. The second-order valence-electron chi connectivity index (χ2n) is 4.73. The number of esters is 1. The van der Waals surface area contributed by atoms with Crippen molar-refractivity contribution in [2.45, 2.75) is 20.8 Å². The van der Waals surface area contributed by atoms with Crippen molar-refractivity contribution >= 4 is 35.5 Å². The Labute approximate surface area is 150 Å². The molecule has 0 aliphatic carbocycles. The zero-order chi connectivity index (χ0) is 18.4. The molecule has 0 N–H and O–H groups in total. The standard InChI is InChI=1S/C16H19O7PS/c1-4-19-16(18)13-10-15(17)22-14-9-11(7-8-12(13)14)23-24(25,20-5-2)21-6-3/h7-10H,4-6H2,1-3H3. The van der Waals surface area contributed by atoms with Crippen LogP contribution >= 0.6 is 6.72 Å². The molecule has 9 heteroatoms. The van der Waals surface area contributed by atoms with E-state index in [1.165, 1.54) is 6.07 Å². The average Bonchev–Trinajstić information content (AvgIpc) is 2.54. The maximum absolute atomic E-state index is 12.0. The fourth-order valence-electron chi connectivity index (χ4n) is 2.11. The van der Waals surface area contributed by atoms with Crippen LogP contribution in [-0.2, 0) is 25.6 Å². The van der Waals surface area contributed by atoms with Crippen LogP contribution in [0.1, 0.15) is 31.1 Å². The summed E-state index contributed by atoms with van der Waals surface area (Å²) in [5.74, 6) is -0.273. The maximum Gasteiger partial charge on any atom is 0.380 e. The molecule has 1 aromatic carbocycles. The van der Waals surface area contributed by atoms with Crippen LogP contribution in [-0.4, -0.2) is 25.8 Å². The number of hydrogen-bond donors (Lipinski definition) is 0. The first kappa shape index (κ1) is 19.6. The molecule has 0 atom stereocenters. The highest BCUT2D eigenvalue weighted by Gasteiger charge is 2.22. The summed E-state index contributed by atoms with van der Waals surface area (Å²) in [4.78, 5) is 23.7. The van der Waals surface area contributed by atoms with Gasteiger partial charge in [0.25, 0.3) is 0 Å². The lowest BCUT2D eigenvalue weighted by molar-refractivity contribution is 0.0528. The third-order valence-corrected chi connectivity index (χ3v) is 5.44. The van der Waals surface area contributed by atoms with E-state index in [4.69, 9.17) is 34.5 Å². The molecule has 7 nitrogen and oxygen atoms in total. The van der Waals surface area contributed by atoms with Gasteiger partial charge in [-0.2, -0.15) is 0 Å². The second-order valence-corrected chi connectivity index (χ2v) is 7.67. The molecule has 0 aliphatic rings. The molecule has 0 aliphatic heterocycles. The van der Waals surface area contributed by atoms with Crippen LogP contribution in [0.4, 0.5) is 0 Å². The summed E-state index contributed by atoms with van der Waals surface area (Å²) >= 11 is 5.31. The van der Waals surface area contributed by atoms with E-state index < -0.39 is 18.3 Å². The maximum atomic E-state index is 12.0. The number of ether oxygens (including phenoxy) is 1. The van der Waals surface area contributed by atoms with Crippen molar-refractivity contribution in [2.75, 3.05) is 19.8 Å². The molecule has 0 radical (unpaired) electrons. The van der Waals surface area contributed by atoms with Crippen LogP contribution in [0.2, 0.25) is 0 Å². The smallest absolute Gasteiger partial charge is 0.380 e. The van der Waals surface area contributed by atoms with E-state index in [1.807, 2.05) is 0 Å². The Kier molecular flexibility index (Phi) is 6.72. The van der Waals surface area contributed by atoms with Crippen molar-refractivity contribution in [1.29, 1.82) is 0 Å². The molecular formula is C16H19O7PS. The zero-order valence-corrected chi connectivity index (χ0v) is 15.9. The van der Waals surface area contributed by atoms with Crippen LogP contribution in [0.25, 0.3) is 11.0 Å². The molecule has 2 aromatic rings. The molecule has 0 amide bonds. The van der Waals surface area contributed by atoms with Crippen molar-refractivity contribution in [3.05, 3.63) is 40.2 Å². The Hall–Kier alpha value is -1.73. The molecule has 1 aromatic heterocycles. The summed E-state index contributed by atoms with van der Waals surface area (Å²) in [6.07, 6.45) is 0. The van der Waals surface area contributed by atoms with Gasteiger partial charge in [-0.15, -0.1) is 0 Å². The lowest BCUT2D eigenvalue weighted by atomic mass is 10.1. The first-order valence-corrected chi connectivity index (χ1v) is 10.3. The van der Waals surface area contributed by atoms with Crippen LogP contribution < -0.4 is 10.1 Å². The van der Waals surface area contributed by atoms with Gasteiger partial charge in [-0.1, -0.05) is 0 Å². The Bertz CT molecular complexity index is 851. The third kappa shape index (κ3) is 4.89. The van der Waals surface area contributed by atoms with Gasteiger partial charge < -0.3 is 13.7 Å². The quantitative estimate of drug-likeness (QED) is 0.386. The highest BCUT2D eigenvalue weighted by molar-refractivity contribution is 8.07. The van der Waals surface area contributed by atoms with Gasteiger partial charge in [0, 0.05) is 29.3 Å². The molecule has 2 rings (SSSR count). The summed E-state index contributed by atoms with van der Waals surface area (Å²) in [5, 5.41) is 0.437. The van der Waals surface area contributed by atoms with E-state index in [9.17, 15) is 9.59 Å². The van der Waals surface area contributed by atoms with Crippen LogP contribution in [0.5, 0.6) is 5.75 Å². The highest BCUT2D eigenvalue weighted by atomic mass is 32.5. The first-order valence-electron chi connectivity index (χ1n) is 7.76. The fraction of sp³-hybridized carbons (Fsp3) is 0.375. The van der Waals surface area contributed by atoms with Crippen molar-refractivity contribution in [3.63, 3.8) is 0 Å². The van der Waals surface area contributed by atoms with E-state index in [2.05, 4.69) is 0 Å². The zero-order valence-electron chi connectivity index (χ0n) is 14.1. The topological polar surface area (TPSA) is 84.2 Å². The summed E-state index contributed by atoms with van der Waals surface area (Å²) in [6.45, 7) is 3.19. The Morgan fingerprint density at radius 1 is 1.12 bits per heavy atom. The third-order valence-electron chi connectivity index (χ3n) is 3.00. The van der Waals surface area contributed by atoms with Crippen molar-refractivity contribution < 1.29 is 27.5 Å². The highest BCUT2D eigenvalue weighted by Crippen LogP contribution is 2.50. The van der Waals surface area contributed by atoms with Gasteiger partial charge in [-0.25, -0.2) is 9.59 Å². The second kappa shape index (κ2) is 8.58. The monoisotopic (exact) mass is 386 g/mol. The largest absolute Gasteiger partial charge is 0.462 e. The summed E-state index contributed by atoms with van der Waals surface area (Å²) < 4.78 is 26.6. The molecule has 0 unspecified atom stereocenters. The lowest BCUT2D eigenvalue weighted by Gasteiger charge is -2.21. The van der Waals surface area contributed by atoms with Crippen molar-refractivity contribution in [2.24, 2.45) is 0 Å². The molecule has 0 saturated carbocycles. The average molecular weight is 386 g/mol. The Morgan fingerprint density at radius 2 is 1.80 bits per heavy atom. The van der Waals surface area contributed by atoms with Gasteiger partial charge in [0.2, 0.25) is 0 Å². The van der Waals surface area contributed by atoms with E-state index in [0.29, 0.717) is 24.3 Å². The van der Waals surface area contributed by atoms with E-state index in [0.717, 1.165) is 6.07 Å². The van der Waals surface area contributed by atoms with Gasteiger partial charge >= 0.3 is 18.3 Å². The number of benzene rings is 1. The Balaban J connectivity index is 2.44. The first-order chi connectivity index (χ1) is 11.9. The lowest BCUT2D eigenvalue weighted by Crippen LogP contribution is -2.10. The predicted molar refractivity (Wildman–Crippen MR) is 96.6 cm³/mol. The minimum Gasteiger partial charge on any atom is -0.462 e. The van der Waals surface area contributed by atoms with Gasteiger partial charge in [0.05, 0.1) is 25.4 Å². The molecule has 1 heterocycles. The van der Waals surface area contributed by atoms with E-state index >= 15 is 0 Å². The van der Waals surface area contributed by atoms with Crippen LogP contribution in [0, 0.1) is 0 Å². The number of rotatable bonds is 8. The number of carbonyl (C=O) groups excluding carboxylic acids is 1. The van der Waals surface area contributed by atoms with Gasteiger partial charge in [-0.05, 0) is 32.9 Å². The number of carbonyl (C=O) groups is 1. The molecule has 0 saturated heterocycles. The minimum atomic E-state index is -2.95. The fourth-order valence-corrected chi connectivity index (χ4v) is 4.19. The number of fused-ring (bicyclic) bond motifs is 1. The molecule has 0 spiro atoms. The minimum absolute atomic E-state index is 0.133. The molecule has 0 fully saturated rings. The molecule has 0 bridgehead atoms. The van der Waals surface area contributed by atoms with Crippen molar-refractivity contribution in [1.82, 2.24) is 0 Å². The van der Waals surface area contributed by atoms with Gasteiger partial charge in [0.1, 0.15) is 11.3 Å². The van der Waals surface area contributed by atoms with Crippen LogP contribution in [0.3, 0.4) is 0 Å². The summed E-state index contributed by atoms with van der Waals surface area (Å²) in [5.41, 5.74) is -0.349. The normalized spacial score (nSPS) is 11.5. The van der Waals surface area contributed by atoms with E-state index in [1.54, 1.807) is 32.9 Å². The molecular weight excluding hydrogens is 367 g/mol. The Morgan fingerprint density at radius 3 is 2.40 bits per heavy atom. The van der Waals surface area contributed by atoms with Crippen molar-refractivity contribution in [3.8, 4) is 5.75 Å². The molecule has 136 valence electrons. The molecule has 25 heavy (non-hydrogen) atoms. The van der Waals surface area contributed by atoms with Crippen LogP contribution in [0.15, 0.2) is 33.5 Å². The summed E-state index contributed by atoms with van der Waals surface area (Å²) in [6, 6.07) is 5.77. The van der Waals surface area contributed by atoms with Gasteiger partial charge in [-0.3, -0.25) is 9.05 Å².